The molecule has 0 aliphatic carbocycles. The molecule has 1 saturated heterocycles. The minimum Gasteiger partial charge on any atom is -0.452 e. The molecule has 0 bridgehead atoms. The zero-order valence-electron chi connectivity index (χ0n) is 11.0. The highest BCUT2D eigenvalue weighted by molar-refractivity contribution is 5.93. The molecule has 1 aromatic carbocycles. The molecule has 2 rings (SSSR count). The fourth-order valence-electron chi connectivity index (χ4n) is 2.04. The highest BCUT2D eigenvalue weighted by atomic mass is 16.5. The Balaban J connectivity index is 2.03. The van der Waals surface area contributed by atoms with Gasteiger partial charge in [0.2, 0.25) is 0 Å². The molecule has 19 heavy (non-hydrogen) atoms. The van der Waals surface area contributed by atoms with E-state index in [1.165, 1.54) is 0 Å². The summed E-state index contributed by atoms with van der Waals surface area (Å²) in [7, 11) is 0. The number of carbonyl (C=O) groups excluding carboxylic acids is 2. The average Bonchev–Trinajstić information content (AvgIpc) is 2.80. The van der Waals surface area contributed by atoms with E-state index >= 15 is 0 Å². The van der Waals surface area contributed by atoms with E-state index in [0.717, 1.165) is 11.3 Å². The predicted octanol–water partition coefficient (Wildman–Crippen LogP) is 0.856. The van der Waals surface area contributed by atoms with Crippen molar-refractivity contribution in [1.82, 2.24) is 0 Å². The van der Waals surface area contributed by atoms with Gasteiger partial charge in [-0.05, 0) is 17.7 Å². The molecule has 102 valence electrons. The summed E-state index contributed by atoms with van der Waals surface area (Å²) in [6.45, 7) is 2.91. The number of anilines is 1. The molecule has 5 heteroatoms. The molecule has 1 heterocycles. The van der Waals surface area contributed by atoms with E-state index in [4.69, 9.17) is 10.5 Å². The van der Waals surface area contributed by atoms with Gasteiger partial charge in [0.25, 0.3) is 0 Å². The SMILES string of the molecule is CCC(=O)OC1CN(c2ccc(CN)cc2)CC1=O. The number of esters is 1. The molecular weight excluding hydrogens is 244 g/mol. The van der Waals surface area contributed by atoms with Gasteiger partial charge in [0.15, 0.2) is 11.9 Å². The van der Waals surface area contributed by atoms with Gasteiger partial charge in [0.05, 0.1) is 13.1 Å². The average molecular weight is 262 g/mol. The molecule has 1 aliphatic rings. The van der Waals surface area contributed by atoms with Gasteiger partial charge in [-0.15, -0.1) is 0 Å². The molecule has 1 aromatic rings. The Hall–Kier alpha value is -1.88. The van der Waals surface area contributed by atoms with E-state index in [-0.39, 0.29) is 24.7 Å². The number of hydrogen-bond acceptors (Lipinski definition) is 5. The van der Waals surface area contributed by atoms with Crippen molar-refractivity contribution in [3.05, 3.63) is 29.8 Å². The molecule has 0 amide bonds. The molecule has 5 nitrogen and oxygen atoms in total. The summed E-state index contributed by atoms with van der Waals surface area (Å²) in [6, 6.07) is 7.73. The fraction of sp³-hybridized carbons (Fsp3) is 0.429. The Morgan fingerprint density at radius 2 is 2.11 bits per heavy atom. The Kier molecular flexibility index (Phi) is 4.16. The zero-order chi connectivity index (χ0) is 13.8. The van der Waals surface area contributed by atoms with Gasteiger partial charge in [-0.1, -0.05) is 19.1 Å². The number of ether oxygens (including phenoxy) is 1. The Labute approximate surface area is 112 Å². The van der Waals surface area contributed by atoms with Crippen molar-refractivity contribution in [1.29, 1.82) is 0 Å². The molecule has 0 spiro atoms. The molecule has 1 fully saturated rings. The van der Waals surface area contributed by atoms with Crippen molar-refractivity contribution < 1.29 is 14.3 Å². The number of ketones is 1. The van der Waals surface area contributed by atoms with Crippen molar-refractivity contribution in [3.63, 3.8) is 0 Å². The predicted molar refractivity (Wildman–Crippen MR) is 71.7 cm³/mol. The maximum absolute atomic E-state index is 11.8. The third kappa shape index (κ3) is 3.12. The monoisotopic (exact) mass is 262 g/mol. The smallest absolute Gasteiger partial charge is 0.306 e. The van der Waals surface area contributed by atoms with Crippen LogP contribution in [0.3, 0.4) is 0 Å². The van der Waals surface area contributed by atoms with E-state index in [0.29, 0.717) is 13.1 Å². The van der Waals surface area contributed by atoms with Crippen molar-refractivity contribution in [2.24, 2.45) is 5.73 Å². The number of carbonyl (C=O) groups is 2. The van der Waals surface area contributed by atoms with Gasteiger partial charge in [0.1, 0.15) is 0 Å². The van der Waals surface area contributed by atoms with Crippen LogP contribution in [0.15, 0.2) is 24.3 Å². The molecule has 0 radical (unpaired) electrons. The first-order chi connectivity index (χ1) is 9.13. The van der Waals surface area contributed by atoms with Crippen LogP contribution >= 0.6 is 0 Å². The number of nitrogens with zero attached hydrogens (tertiary/aromatic N) is 1. The summed E-state index contributed by atoms with van der Waals surface area (Å²) in [5, 5.41) is 0. The maximum atomic E-state index is 11.8. The molecule has 1 unspecified atom stereocenters. The lowest BCUT2D eigenvalue weighted by atomic mass is 10.2. The van der Waals surface area contributed by atoms with E-state index in [1.807, 2.05) is 29.2 Å². The fourth-order valence-corrected chi connectivity index (χ4v) is 2.04. The summed E-state index contributed by atoms with van der Waals surface area (Å²) in [6.07, 6.45) is -0.351. The van der Waals surface area contributed by atoms with Gasteiger partial charge >= 0.3 is 5.97 Å². The number of rotatable bonds is 4. The van der Waals surface area contributed by atoms with Crippen LogP contribution in [0.1, 0.15) is 18.9 Å². The van der Waals surface area contributed by atoms with Crippen LogP contribution in [0.25, 0.3) is 0 Å². The first-order valence-electron chi connectivity index (χ1n) is 6.40. The molecule has 0 saturated carbocycles. The van der Waals surface area contributed by atoms with Gasteiger partial charge < -0.3 is 15.4 Å². The molecule has 1 aliphatic heterocycles. The highest BCUT2D eigenvalue weighted by Crippen LogP contribution is 2.20. The van der Waals surface area contributed by atoms with E-state index in [9.17, 15) is 9.59 Å². The van der Waals surface area contributed by atoms with Gasteiger partial charge in [-0.3, -0.25) is 9.59 Å². The maximum Gasteiger partial charge on any atom is 0.306 e. The van der Waals surface area contributed by atoms with E-state index in [2.05, 4.69) is 0 Å². The van der Waals surface area contributed by atoms with Crippen LogP contribution in [0.4, 0.5) is 5.69 Å². The summed E-state index contributed by atoms with van der Waals surface area (Å²) < 4.78 is 5.12. The van der Waals surface area contributed by atoms with Crippen molar-refractivity contribution >= 4 is 17.4 Å². The van der Waals surface area contributed by atoms with Gasteiger partial charge in [0, 0.05) is 18.7 Å². The first kappa shape index (κ1) is 13.5. The third-order valence-electron chi connectivity index (χ3n) is 3.19. The summed E-state index contributed by atoms with van der Waals surface area (Å²) >= 11 is 0. The molecule has 2 N–H and O–H groups in total. The number of benzene rings is 1. The van der Waals surface area contributed by atoms with Crippen molar-refractivity contribution in [3.8, 4) is 0 Å². The quantitative estimate of drug-likeness (QED) is 0.815. The second kappa shape index (κ2) is 5.84. The lowest BCUT2D eigenvalue weighted by Crippen LogP contribution is -2.26. The lowest BCUT2D eigenvalue weighted by molar-refractivity contribution is -0.152. The third-order valence-corrected chi connectivity index (χ3v) is 3.19. The largest absolute Gasteiger partial charge is 0.452 e. The standard InChI is InChI=1S/C14H18N2O3/c1-2-14(18)19-13-9-16(8-12(13)17)11-5-3-10(7-15)4-6-11/h3-6,13H,2,7-9,15H2,1H3. The Morgan fingerprint density at radius 3 is 2.68 bits per heavy atom. The van der Waals surface area contributed by atoms with Crippen LogP contribution in [0.5, 0.6) is 0 Å². The van der Waals surface area contributed by atoms with Gasteiger partial charge in [-0.2, -0.15) is 0 Å². The minimum atomic E-state index is -0.637. The second-order valence-corrected chi connectivity index (χ2v) is 4.55. The Bertz CT molecular complexity index is 470. The molecule has 1 atom stereocenters. The topological polar surface area (TPSA) is 72.6 Å². The lowest BCUT2D eigenvalue weighted by Gasteiger charge is -2.17. The van der Waals surface area contributed by atoms with Crippen LogP contribution in [0, 0.1) is 0 Å². The summed E-state index contributed by atoms with van der Waals surface area (Å²) in [5.74, 6) is -0.386. The van der Waals surface area contributed by atoms with Crippen LogP contribution < -0.4 is 10.6 Å². The summed E-state index contributed by atoms with van der Waals surface area (Å²) in [5.41, 5.74) is 7.53. The number of hydrogen-bond donors (Lipinski definition) is 1. The number of Topliss-reactive ketones (excluding diaryl/α,β-unsaturated/α-hetero) is 1. The first-order valence-corrected chi connectivity index (χ1v) is 6.40. The Morgan fingerprint density at radius 1 is 1.42 bits per heavy atom. The van der Waals surface area contributed by atoms with E-state index in [1.54, 1.807) is 6.92 Å². The second-order valence-electron chi connectivity index (χ2n) is 4.55. The van der Waals surface area contributed by atoms with Gasteiger partial charge in [-0.25, -0.2) is 0 Å². The van der Waals surface area contributed by atoms with Crippen LogP contribution in [-0.4, -0.2) is 30.9 Å². The van der Waals surface area contributed by atoms with Crippen LogP contribution in [-0.2, 0) is 20.9 Å². The normalized spacial score (nSPS) is 18.7. The van der Waals surface area contributed by atoms with Crippen molar-refractivity contribution in [2.75, 3.05) is 18.0 Å². The van der Waals surface area contributed by atoms with Crippen molar-refractivity contribution in [2.45, 2.75) is 26.0 Å². The number of nitrogens with two attached hydrogens (primary N) is 1. The molecule has 0 aromatic heterocycles. The highest BCUT2D eigenvalue weighted by Gasteiger charge is 2.33. The summed E-state index contributed by atoms with van der Waals surface area (Å²) in [4.78, 5) is 24.9. The van der Waals surface area contributed by atoms with E-state index < -0.39 is 6.10 Å². The minimum absolute atomic E-state index is 0.0512. The van der Waals surface area contributed by atoms with Crippen LogP contribution in [0.2, 0.25) is 0 Å². The zero-order valence-corrected chi connectivity index (χ0v) is 11.0. The molecular formula is C14H18N2O3.